The fraction of sp³-hybridized carbons (Fsp3) is 0.280. The number of ether oxygens (including phenoxy) is 1. The maximum atomic E-state index is 6.00. The number of nitrogens with zero attached hydrogens (tertiary/aromatic N) is 1. The summed E-state index contributed by atoms with van der Waals surface area (Å²) >= 11 is 0. The largest absolute Gasteiger partial charge is 0.496 e. The molecule has 1 saturated heterocycles. The summed E-state index contributed by atoms with van der Waals surface area (Å²) in [6.07, 6.45) is 0. The molecule has 0 aromatic heterocycles. The molecule has 1 fully saturated rings. The van der Waals surface area contributed by atoms with Gasteiger partial charge in [0.2, 0.25) is 0 Å². The molecule has 3 aromatic carbocycles. The van der Waals surface area contributed by atoms with Gasteiger partial charge in [0.05, 0.1) is 7.11 Å². The highest BCUT2D eigenvalue weighted by molar-refractivity contribution is 5.52. The molecule has 0 amide bonds. The summed E-state index contributed by atoms with van der Waals surface area (Å²) in [4.78, 5) is 2.50. The molecule has 1 heterocycles. The second-order valence-electron chi connectivity index (χ2n) is 7.32. The molecule has 3 aromatic rings. The summed E-state index contributed by atoms with van der Waals surface area (Å²) in [6, 6.07) is 28.0. The van der Waals surface area contributed by atoms with Gasteiger partial charge in [-0.05, 0) is 11.1 Å². The lowest BCUT2D eigenvalue weighted by atomic mass is 9.84. The average molecular weight is 373 g/mol. The third-order valence-corrected chi connectivity index (χ3v) is 5.51. The van der Waals surface area contributed by atoms with Crippen molar-refractivity contribution >= 4 is 0 Å². The SMILES string of the molecule is COc1c(CN2CCNCC2)cccc1C(c1ccccc1)c1ccccc1. The Morgan fingerprint density at radius 3 is 2.00 bits per heavy atom. The predicted molar refractivity (Wildman–Crippen MR) is 115 cm³/mol. The van der Waals surface area contributed by atoms with E-state index in [0.29, 0.717) is 0 Å². The van der Waals surface area contributed by atoms with E-state index < -0.39 is 0 Å². The Kier molecular flexibility index (Phi) is 6.05. The average Bonchev–Trinajstić information content (AvgIpc) is 2.76. The summed E-state index contributed by atoms with van der Waals surface area (Å²) in [7, 11) is 1.80. The molecule has 144 valence electrons. The number of methoxy groups -OCH3 is 1. The van der Waals surface area contributed by atoms with Gasteiger partial charge >= 0.3 is 0 Å². The van der Waals surface area contributed by atoms with E-state index in [1.165, 1.54) is 22.3 Å². The first kappa shape index (κ1) is 18.7. The van der Waals surface area contributed by atoms with Crippen LogP contribution < -0.4 is 10.1 Å². The molecule has 0 unspecified atom stereocenters. The van der Waals surface area contributed by atoms with Crippen molar-refractivity contribution in [3.8, 4) is 5.75 Å². The third kappa shape index (κ3) is 4.11. The van der Waals surface area contributed by atoms with Gasteiger partial charge < -0.3 is 10.1 Å². The van der Waals surface area contributed by atoms with Crippen LogP contribution in [0.4, 0.5) is 0 Å². The first-order valence-electron chi connectivity index (χ1n) is 10.1. The van der Waals surface area contributed by atoms with Gasteiger partial charge in [-0.25, -0.2) is 0 Å². The zero-order chi connectivity index (χ0) is 19.2. The summed E-state index contributed by atoms with van der Waals surface area (Å²) < 4.78 is 6.00. The number of nitrogens with one attached hydrogen (secondary N) is 1. The van der Waals surface area contributed by atoms with Crippen molar-refractivity contribution in [2.24, 2.45) is 0 Å². The Balaban J connectivity index is 1.77. The molecule has 3 nitrogen and oxygen atoms in total. The van der Waals surface area contributed by atoms with Gasteiger partial charge in [-0.3, -0.25) is 4.90 Å². The molecule has 1 N–H and O–H groups in total. The van der Waals surface area contributed by atoms with E-state index in [1.54, 1.807) is 7.11 Å². The van der Waals surface area contributed by atoms with Crippen LogP contribution in [0.3, 0.4) is 0 Å². The Morgan fingerprint density at radius 1 is 0.821 bits per heavy atom. The van der Waals surface area contributed by atoms with Gasteiger partial charge in [0.25, 0.3) is 0 Å². The number of benzene rings is 3. The van der Waals surface area contributed by atoms with Gasteiger partial charge in [0.15, 0.2) is 0 Å². The lowest BCUT2D eigenvalue weighted by Gasteiger charge is -2.29. The number of para-hydroxylation sites is 1. The highest BCUT2D eigenvalue weighted by atomic mass is 16.5. The molecular weight excluding hydrogens is 344 g/mol. The van der Waals surface area contributed by atoms with Crippen LogP contribution in [0.15, 0.2) is 78.9 Å². The summed E-state index contributed by atoms with van der Waals surface area (Å²) in [5.41, 5.74) is 5.06. The minimum atomic E-state index is 0.153. The zero-order valence-corrected chi connectivity index (χ0v) is 16.5. The van der Waals surface area contributed by atoms with E-state index >= 15 is 0 Å². The Hall–Kier alpha value is -2.62. The molecule has 0 saturated carbocycles. The summed E-state index contributed by atoms with van der Waals surface area (Å²) in [5.74, 6) is 1.17. The highest BCUT2D eigenvalue weighted by Crippen LogP contribution is 2.39. The predicted octanol–water partition coefficient (Wildman–Crippen LogP) is 4.28. The molecule has 4 rings (SSSR count). The maximum Gasteiger partial charge on any atom is 0.127 e. The van der Waals surface area contributed by atoms with Crippen LogP contribution in [0.5, 0.6) is 5.75 Å². The van der Waals surface area contributed by atoms with E-state index in [0.717, 1.165) is 38.5 Å². The van der Waals surface area contributed by atoms with Crippen molar-refractivity contribution < 1.29 is 4.74 Å². The van der Waals surface area contributed by atoms with Crippen molar-refractivity contribution in [3.63, 3.8) is 0 Å². The second-order valence-corrected chi connectivity index (χ2v) is 7.32. The fourth-order valence-electron chi connectivity index (χ4n) is 4.16. The lowest BCUT2D eigenvalue weighted by molar-refractivity contribution is 0.230. The van der Waals surface area contributed by atoms with Crippen LogP contribution >= 0.6 is 0 Å². The van der Waals surface area contributed by atoms with E-state index in [4.69, 9.17) is 4.74 Å². The van der Waals surface area contributed by atoms with Crippen molar-refractivity contribution in [1.82, 2.24) is 10.2 Å². The maximum absolute atomic E-state index is 6.00. The molecule has 0 radical (unpaired) electrons. The fourth-order valence-corrected chi connectivity index (χ4v) is 4.16. The highest BCUT2D eigenvalue weighted by Gasteiger charge is 2.23. The van der Waals surface area contributed by atoms with E-state index in [-0.39, 0.29) is 5.92 Å². The van der Waals surface area contributed by atoms with Crippen LogP contribution in [-0.4, -0.2) is 38.2 Å². The van der Waals surface area contributed by atoms with Crippen molar-refractivity contribution in [2.75, 3.05) is 33.3 Å². The van der Waals surface area contributed by atoms with Gasteiger partial charge in [-0.2, -0.15) is 0 Å². The number of hydrogen-bond acceptors (Lipinski definition) is 3. The number of piperazine rings is 1. The Labute approximate surface area is 168 Å². The van der Waals surface area contributed by atoms with Crippen molar-refractivity contribution in [2.45, 2.75) is 12.5 Å². The van der Waals surface area contributed by atoms with Gasteiger partial charge in [-0.15, -0.1) is 0 Å². The second kappa shape index (κ2) is 9.05. The lowest BCUT2D eigenvalue weighted by Crippen LogP contribution is -2.42. The van der Waals surface area contributed by atoms with E-state index in [2.05, 4.69) is 89.1 Å². The first-order valence-corrected chi connectivity index (χ1v) is 10.1. The monoisotopic (exact) mass is 372 g/mol. The van der Waals surface area contributed by atoms with Gasteiger partial charge in [-0.1, -0.05) is 78.9 Å². The quantitative estimate of drug-likeness (QED) is 0.654. The van der Waals surface area contributed by atoms with Gasteiger partial charge in [0, 0.05) is 49.8 Å². The molecule has 1 aliphatic heterocycles. The first-order chi connectivity index (χ1) is 13.9. The normalized spacial score (nSPS) is 14.9. The van der Waals surface area contributed by atoms with Crippen LogP contribution in [-0.2, 0) is 6.54 Å². The smallest absolute Gasteiger partial charge is 0.127 e. The minimum absolute atomic E-state index is 0.153. The van der Waals surface area contributed by atoms with Crippen LogP contribution in [0.2, 0.25) is 0 Å². The topological polar surface area (TPSA) is 24.5 Å². The Morgan fingerprint density at radius 2 is 1.43 bits per heavy atom. The molecule has 3 heteroatoms. The summed E-state index contributed by atoms with van der Waals surface area (Å²) in [6.45, 7) is 5.19. The van der Waals surface area contributed by atoms with Crippen molar-refractivity contribution in [1.29, 1.82) is 0 Å². The summed E-state index contributed by atoms with van der Waals surface area (Å²) in [5, 5.41) is 3.43. The van der Waals surface area contributed by atoms with E-state index in [9.17, 15) is 0 Å². The molecular formula is C25H28N2O. The van der Waals surface area contributed by atoms with Crippen LogP contribution in [0.1, 0.15) is 28.2 Å². The third-order valence-electron chi connectivity index (χ3n) is 5.51. The van der Waals surface area contributed by atoms with Crippen molar-refractivity contribution in [3.05, 3.63) is 101 Å². The van der Waals surface area contributed by atoms with Gasteiger partial charge in [0.1, 0.15) is 5.75 Å². The zero-order valence-electron chi connectivity index (χ0n) is 16.5. The molecule has 28 heavy (non-hydrogen) atoms. The molecule has 0 aliphatic carbocycles. The molecule has 0 spiro atoms. The van der Waals surface area contributed by atoms with Crippen LogP contribution in [0, 0.1) is 0 Å². The molecule has 1 aliphatic rings. The van der Waals surface area contributed by atoms with Crippen LogP contribution in [0.25, 0.3) is 0 Å². The Bertz CT molecular complexity index is 834. The minimum Gasteiger partial charge on any atom is -0.496 e. The molecule has 0 atom stereocenters. The molecule has 0 bridgehead atoms. The number of hydrogen-bond donors (Lipinski definition) is 1. The number of rotatable bonds is 6. The standard InChI is InChI=1S/C25H28N2O/c1-28-25-22(19-27-17-15-26-16-18-27)13-8-14-23(25)24(20-9-4-2-5-10-20)21-11-6-3-7-12-21/h2-14,24,26H,15-19H2,1H3. The van der Waals surface area contributed by atoms with E-state index in [1.807, 2.05) is 0 Å².